The molecule has 0 heterocycles. The average molecular weight is 266 g/mol. The van der Waals surface area contributed by atoms with Crippen LogP contribution in [0.15, 0.2) is 0 Å². The first kappa shape index (κ1) is 17.8. The standard InChI is InChI=1S/C12H26O6/c1-10(12(7-16,8-17)9-18)2-3-11(4-13,5-14)6-15/h10,13-18H,2-9H2,1H3. The third-order valence-electron chi connectivity index (χ3n) is 4.10. The van der Waals surface area contributed by atoms with Gasteiger partial charge in [0.25, 0.3) is 0 Å². The predicted molar refractivity (Wildman–Crippen MR) is 65.8 cm³/mol. The van der Waals surface area contributed by atoms with E-state index in [1.54, 1.807) is 6.92 Å². The second kappa shape index (κ2) is 8.04. The molecule has 0 spiro atoms. The third-order valence-corrected chi connectivity index (χ3v) is 4.10. The number of aliphatic hydroxyl groups is 6. The van der Waals surface area contributed by atoms with Gasteiger partial charge < -0.3 is 30.6 Å². The van der Waals surface area contributed by atoms with Gasteiger partial charge in [0.15, 0.2) is 0 Å². The highest BCUT2D eigenvalue weighted by Gasteiger charge is 2.37. The van der Waals surface area contributed by atoms with Crippen LogP contribution in [0.3, 0.4) is 0 Å². The fourth-order valence-corrected chi connectivity index (χ4v) is 1.83. The average Bonchev–Trinajstić information content (AvgIpc) is 2.43. The summed E-state index contributed by atoms with van der Waals surface area (Å²) in [7, 11) is 0. The largest absolute Gasteiger partial charge is 0.396 e. The highest BCUT2D eigenvalue weighted by molar-refractivity contribution is 4.85. The Morgan fingerprint density at radius 2 is 1.11 bits per heavy atom. The quantitative estimate of drug-likeness (QED) is 0.281. The van der Waals surface area contributed by atoms with Crippen LogP contribution in [0, 0.1) is 16.7 Å². The highest BCUT2D eigenvalue weighted by atomic mass is 16.3. The van der Waals surface area contributed by atoms with Crippen LogP contribution in [0.5, 0.6) is 0 Å². The fourth-order valence-electron chi connectivity index (χ4n) is 1.83. The SMILES string of the molecule is CC(CCC(CO)(CO)CO)C(CO)(CO)CO. The fraction of sp³-hybridized carbons (Fsp3) is 1.00. The van der Waals surface area contributed by atoms with Crippen molar-refractivity contribution in [2.45, 2.75) is 19.8 Å². The van der Waals surface area contributed by atoms with Crippen LogP contribution < -0.4 is 0 Å². The molecule has 0 aromatic rings. The van der Waals surface area contributed by atoms with Gasteiger partial charge >= 0.3 is 0 Å². The first-order valence-corrected chi connectivity index (χ1v) is 6.15. The van der Waals surface area contributed by atoms with Crippen molar-refractivity contribution >= 4 is 0 Å². The topological polar surface area (TPSA) is 121 Å². The van der Waals surface area contributed by atoms with Gasteiger partial charge in [-0.05, 0) is 18.8 Å². The van der Waals surface area contributed by atoms with Crippen LogP contribution in [0.2, 0.25) is 0 Å². The van der Waals surface area contributed by atoms with Crippen molar-refractivity contribution in [2.24, 2.45) is 16.7 Å². The molecular formula is C12H26O6. The maximum atomic E-state index is 9.28. The summed E-state index contributed by atoms with van der Waals surface area (Å²) in [5, 5.41) is 55.4. The molecule has 1 unspecified atom stereocenters. The summed E-state index contributed by atoms with van der Waals surface area (Å²) in [5.41, 5.74) is -1.94. The van der Waals surface area contributed by atoms with E-state index >= 15 is 0 Å². The van der Waals surface area contributed by atoms with Crippen molar-refractivity contribution in [1.82, 2.24) is 0 Å². The van der Waals surface area contributed by atoms with E-state index in [0.717, 1.165) is 0 Å². The first-order valence-electron chi connectivity index (χ1n) is 6.15. The number of hydrogen-bond acceptors (Lipinski definition) is 6. The summed E-state index contributed by atoms with van der Waals surface area (Å²) < 4.78 is 0. The zero-order valence-electron chi connectivity index (χ0n) is 10.9. The molecule has 0 amide bonds. The summed E-state index contributed by atoms with van der Waals surface area (Å²) in [6.45, 7) is -0.256. The van der Waals surface area contributed by atoms with E-state index in [2.05, 4.69) is 0 Å². The summed E-state index contributed by atoms with van der Waals surface area (Å²) in [6.07, 6.45) is 0.808. The smallest absolute Gasteiger partial charge is 0.0534 e. The van der Waals surface area contributed by atoms with Crippen LogP contribution in [0.4, 0.5) is 0 Å². The van der Waals surface area contributed by atoms with Crippen molar-refractivity contribution in [1.29, 1.82) is 0 Å². The molecule has 0 aliphatic carbocycles. The molecule has 0 fully saturated rings. The van der Waals surface area contributed by atoms with Gasteiger partial charge in [0.05, 0.1) is 39.6 Å². The summed E-state index contributed by atoms with van der Waals surface area (Å²) >= 11 is 0. The van der Waals surface area contributed by atoms with E-state index in [1.807, 2.05) is 0 Å². The van der Waals surface area contributed by atoms with Crippen LogP contribution in [-0.4, -0.2) is 70.3 Å². The monoisotopic (exact) mass is 266 g/mol. The molecule has 1 atom stereocenters. The van der Waals surface area contributed by atoms with Gasteiger partial charge in [0, 0.05) is 10.8 Å². The van der Waals surface area contributed by atoms with E-state index in [9.17, 15) is 30.6 Å². The van der Waals surface area contributed by atoms with Crippen molar-refractivity contribution < 1.29 is 30.6 Å². The van der Waals surface area contributed by atoms with Gasteiger partial charge in [-0.3, -0.25) is 0 Å². The van der Waals surface area contributed by atoms with Gasteiger partial charge in [-0.25, -0.2) is 0 Å². The molecule has 6 heteroatoms. The second-order valence-electron chi connectivity index (χ2n) is 5.25. The minimum absolute atomic E-state index is 0.207. The molecular weight excluding hydrogens is 240 g/mol. The maximum absolute atomic E-state index is 9.28. The number of hydrogen-bond donors (Lipinski definition) is 6. The summed E-state index contributed by atoms with van der Waals surface area (Å²) in [4.78, 5) is 0. The lowest BCUT2D eigenvalue weighted by Gasteiger charge is -2.36. The van der Waals surface area contributed by atoms with Gasteiger partial charge in [0.1, 0.15) is 0 Å². The van der Waals surface area contributed by atoms with Gasteiger partial charge in [-0.15, -0.1) is 0 Å². The molecule has 0 aromatic carbocycles. The van der Waals surface area contributed by atoms with Crippen LogP contribution in [0.25, 0.3) is 0 Å². The number of aliphatic hydroxyl groups excluding tert-OH is 6. The molecule has 0 saturated heterocycles. The van der Waals surface area contributed by atoms with Crippen LogP contribution in [0.1, 0.15) is 19.8 Å². The summed E-state index contributed by atoms with van der Waals surface area (Å²) in [5.74, 6) is -0.207. The van der Waals surface area contributed by atoms with Crippen molar-refractivity contribution in [3.05, 3.63) is 0 Å². The van der Waals surface area contributed by atoms with Crippen LogP contribution >= 0.6 is 0 Å². The number of rotatable bonds is 10. The Labute approximate surface area is 108 Å². The Bertz CT molecular complexity index is 196. The highest BCUT2D eigenvalue weighted by Crippen LogP contribution is 2.33. The Balaban J connectivity index is 4.60. The Hall–Kier alpha value is -0.240. The zero-order valence-corrected chi connectivity index (χ0v) is 10.9. The van der Waals surface area contributed by atoms with Crippen LogP contribution in [-0.2, 0) is 0 Å². The molecule has 0 saturated carbocycles. The Kier molecular flexibility index (Phi) is 7.93. The minimum atomic E-state index is -0.980. The molecule has 110 valence electrons. The Morgan fingerprint density at radius 3 is 1.39 bits per heavy atom. The lowest BCUT2D eigenvalue weighted by atomic mass is 9.73. The van der Waals surface area contributed by atoms with E-state index in [0.29, 0.717) is 12.8 Å². The van der Waals surface area contributed by atoms with Gasteiger partial charge in [-0.1, -0.05) is 6.92 Å². The predicted octanol–water partition coefficient (Wildman–Crippen LogP) is -1.67. The molecule has 18 heavy (non-hydrogen) atoms. The van der Waals surface area contributed by atoms with E-state index in [1.165, 1.54) is 0 Å². The second-order valence-corrected chi connectivity index (χ2v) is 5.25. The Morgan fingerprint density at radius 1 is 0.722 bits per heavy atom. The molecule has 0 aromatic heterocycles. The van der Waals surface area contributed by atoms with Crippen molar-refractivity contribution in [2.75, 3.05) is 39.6 Å². The zero-order chi connectivity index (χ0) is 14.2. The first-order chi connectivity index (χ1) is 8.49. The van der Waals surface area contributed by atoms with E-state index in [4.69, 9.17) is 0 Å². The van der Waals surface area contributed by atoms with Crippen molar-refractivity contribution in [3.8, 4) is 0 Å². The van der Waals surface area contributed by atoms with Gasteiger partial charge in [0.2, 0.25) is 0 Å². The molecule has 6 nitrogen and oxygen atoms in total. The summed E-state index contributed by atoms with van der Waals surface area (Å²) in [6, 6.07) is 0. The molecule has 0 aliphatic heterocycles. The van der Waals surface area contributed by atoms with E-state index in [-0.39, 0.29) is 45.6 Å². The maximum Gasteiger partial charge on any atom is 0.0534 e. The molecule has 6 N–H and O–H groups in total. The lowest BCUT2D eigenvalue weighted by Crippen LogP contribution is -2.42. The molecule has 0 aliphatic rings. The molecule has 0 bridgehead atoms. The molecule has 0 radical (unpaired) electrons. The minimum Gasteiger partial charge on any atom is -0.396 e. The van der Waals surface area contributed by atoms with E-state index < -0.39 is 10.8 Å². The van der Waals surface area contributed by atoms with Crippen molar-refractivity contribution in [3.63, 3.8) is 0 Å². The molecule has 0 rings (SSSR count). The lowest BCUT2D eigenvalue weighted by molar-refractivity contribution is -0.0493. The normalized spacial score (nSPS) is 14.8. The van der Waals surface area contributed by atoms with Gasteiger partial charge in [-0.2, -0.15) is 0 Å². The third kappa shape index (κ3) is 3.88.